The molecule has 0 saturated heterocycles. The molecule has 0 radical (unpaired) electrons. The van der Waals surface area contributed by atoms with Crippen molar-refractivity contribution in [2.45, 2.75) is 33.6 Å². The van der Waals surface area contributed by atoms with E-state index in [9.17, 15) is 0 Å². The van der Waals surface area contributed by atoms with E-state index in [2.05, 4.69) is 22.3 Å². The van der Waals surface area contributed by atoms with Crippen LogP contribution < -0.4 is 4.74 Å². The summed E-state index contributed by atoms with van der Waals surface area (Å²) in [4.78, 5) is 1.45. The van der Waals surface area contributed by atoms with Crippen molar-refractivity contribution in [1.29, 1.82) is 0 Å². The molecule has 0 atom stereocenters. The Balaban J connectivity index is 1.93. The number of aromatic nitrogens is 4. The van der Waals surface area contributed by atoms with Crippen LogP contribution in [0.15, 0.2) is 28.9 Å². The molecule has 0 N–H and O–H groups in total. The normalized spacial score (nSPS) is 11.0. The quantitative estimate of drug-likeness (QED) is 0.716. The monoisotopic (exact) mass is 312 g/mol. The molecular weight excluding hydrogens is 292 g/mol. The van der Waals surface area contributed by atoms with Crippen molar-refractivity contribution in [1.82, 2.24) is 20.2 Å². The average molecular weight is 312 g/mol. The maximum atomic E-state index is 6.10. The van der Waals surface area contributed by atoms with Crippen LogP contribution in [-0.4, -0.2) is 20.2 Å². The fraction of sp³-hybridized carbons (Fsp3) is 0.353. The van der Waals surface area contributed by atoms with Gasteiger partial charge in [0.25, 0.3) is 0 Å². The fourth-order valence-corrected chi connectivity index (χ4v) is 2.58. The summed E-state index contributed by atoms with van der Waals surface area (Å²) in [7, 11) is 1.75. The van der Waals surface area contributed by atoms with Gasteiger partial charge >= 0.3 is 0 Å². The van der Waals surface area contributed by atoms with Crippen LogP contribution in [0.3, 0.4) is 0 Å². The van der Waals surface area contributed by atoms with Crippen LogP contribution in [0.5, 0.6) is 11.5 Å². The van der Waals surface area contributed by atoms with Gasteiger partial charge in [0.1, 0.15) is 11.5 Å². The van der Waals surface area contributed by atoms with E-state index in [1.54, 1.807) is 13.3 Å². The molecule has 0 amide bonds. The second kappa shape index (κ2) is 6.24. The van der Waals surface area contributed by atoms with Gasteiger partial charge in [-0.3, -0.25) is 0 Å². The minimum atomic E-state index is 0.611. The molecule has 0 bridgehead atoms. The predicted octanol–water partition coefficient (Wildman–Crippen LogP) is 3.83. The smallest absolute Gasteiger partial charge is 0.204 e. The first-order chi connectivity index (χ1) is 11.1. The molecule has 6 nitrogen and oxygen atoms in total. The highest BCUT2D eigenvalue weighted by atomic mass is 16.5. The summed E-state index contributed by atoms with van der Waals surface area (Å²) in [5, 5.41) is 12.2. The maximum absolute atomic E-state index is 6.10. The molecule has 0 unspecified atom stereocenters. The molecular formula is C17H20N4O2. The van der Waals surface area contributed by atoms with Crippen LogP contribution >= 0.6 is 0 Å². The summed E-state index contributed by atoms with van der Waals surface area (Å²) in [5.41, 5.74) is 2.98. The molecule has 23 heavy (non-hydrogen) atoms. The third kappa shape index (κ3) is 3.11. The van der Waals surface area contributed by atoms with Crippen molar-refractivity contribution < 1.29 is 9.15 Å². The molecule has 0 aliphatic rings. The van der Waals surface area contributed by atoms with Gasteiger partial charge in [0.2, 0.25) is 5.82 Å². The molecule has 0 aliphatic carbocycles. The third-order valence-electron chi connectivity index (χ3n) is 3.62. The Kier molecular flexibility index (Phi) is 4.14. The Hall–Kier alpha value is -2.63. The summed E-state index contributed by atoms with van der Waals surface area (Å²) in [5.74, 6) is 3.12. The minimum absolute atomic E-state index is 0.611. The van der Waals surface area contributed by atoms with Gasteiger partial charge < -0.3 is 9.15 Å². The van der Waals surface area contributed by atoms with Crippen LogP contribution in [-0.2, 0) is 13.5 Å². The van der Waals surface area contributed by atoms with Gasteiger partial charge in [0, 0.05) is 18.1 Å². The lowest BCUT2D eigenvalue weighted by molar-refractivity contribution is 0.433. The molecule has 2 heterocycles. The fourth-order valence-electron chi connectivity index (χ4n) is 2.58. The van der Waals surface area contributed by atoms with Gasteiger partial charge in [0.05, 0.1) is 13.3 Å². The first-order valence-corrected chi connectivity index (χ1v) is 7.68. The van der Waals surface area contributed by atoms with E-state index in [-0.39, 0.29) is 0 Å². The molecule has 3 aromatic rings. The highest BCUT2D eigenvalue weighted by molar-refractivity contribution is 5.61. The number of ether oxygens (including phenoxy) is 1. The van der Waals surface area contributed by atoms with Crippen LogP contribution in [0.4, 0.5) is 0 Å². The number of hydrogen-bond acceptors (Lipinski definition) is 5. The van der Waals surface area contributed by atoms with Gasteiger partial charge in [-0.25, -0.2) is 0 Å². The Morgan fingerprint density at radius 2 is 1.96 bits per heavy atom. The lowest BCUT2D eigenvalue weighted by Gasteiger charge is -2.12. The topological polar surface area (TPSA) is 66.0 Å². The number of furan rings is 1. The molecule has 1 aromatic carbocycles. The van der Waals surface area contributed by atoms with Crippen LogP contribution in [0.2, 0.25) is 0 Å². The van der Waals surface area contributed by atoms with Gasteiger partial charge in [-0.05, 0) is 48.7 Å². The van der Waals surface area contributed by atoms with Crippen molar-refractivity contribution in [2.24, 2.45) is 7.05 Å². The molecule has 0 saturated carbocycles. The summed E-state index contributed by atoms with van der Waals surface area (Å²) >= 11 is 0. The standard InChI is InChI=1S/C17H20N4O2/c1-5-6-14-15(7-8-22-14)23-16-11(2)9-13(10-12(16)3)17-18-20-21(4)19-17/h7-10H,5-6H2,1-4H3. The van der Waals surface area contributed by atoms with Crippen molar-refractivity contribution in [3.05, 3.63) is 41.3 Å². The minimum Gasteiger partial charge on any atom is -0.465 e. The number of nitrogens with zero attached hydrogens (tertiary/aromatic N) is 4. The van der Waals surface area contributed by atoms with Crippen LogP contribution in [0.25, 0.3) is 11.4 Å². The Morgan fingerprint density at radius 1 is 1.22 bits per heavy atom. The third-order valence-corrected chi connectivity index (χ3v) is 3.62. The van der Waals surface area contributed by atoms with Gasteiger partial charge in [-0.2, -0.15) is 4.80 Å². The van der Waals surface area contributed by atoms with E-state index in [1.165, 1.54) is 4.80 Å². The van der Waals surface area contributed by atoms with E-state index < -0.39 is 0 Å². The van der Waals surface area contributed by atoms with Gasteiger partial charge in [-0.15, -0.1) is 10.2 Å². The van der Waals surface area contributed by atoms with Crippen molar-refractivity contribution in [3.8, 4) is 22.9 Å². The van der Waals surface area contributed by atoms with E-state index in [0.29, 0.717) is 5.82 Å². The Morgan fingerprint density at radius 3 is 2.57 bits per heavy atom. The van der Waals surface area contributed by atoms with Crippen molar-refractivity contribution >= 4 is 0 Å². The molecule has 3 rings (SSSR count). The first kappa shape index (κ1) is 15.3. The zero-order valence-corrected chi connectivity index (χ0v) is 13.8. The number of aryl methyl sites for hydroxylation is 4. The van der Waals surface area contributed by atoms with Crippen LogP contribution in [0.1, 0.15) is 30.2 Å². The Bertz CT molecular complexity index is 797. The first-order valence-electron chi connectivity index (χ1n) is 7.68. The zero-order valence-electron chi connectivity index (χ0n) is 13.8. The lowest BCUT2D eigenvalue weighted by atomic mass is 10.1. The number of rotatable bonds is 5. The molecule has 2 aromatic heterocycles. The number of benzene rings is 1. The molecule has 0 spiro atoms. The molecule has 120 valence electrons. The summed E-state index contributed by atoms with van der Waals surface area (Å²) in [6.07, 6.45) is 3.55. The predicted molar refractivity (Wildman–Crippen MR) is 86.5 cm³/mol. The van der Waals surface area contributed by atoms with E-state index in [0.717, 1.165) is 46.8 Å². The largest absolute Gasteiger partial charge is 0.465 e. The SMILES string of the molecule is CCCc1occc1Oc1c(C)cc(-c2nnn(C)n2)cc1C. The maximum Gasteiger partial charge on any atom is 0.204 e. The van der Waals surface area contributed by atoms with Crippen molar-refractivity contribution in [3.63, 3.8) is 0 Å². The molecule has 6 heteroatoms. The second-order valence-corrected chi connectivity index (χ2v) is 5.60. The summed E-state index contributed by atoms with van der Waals surface area (Å²) < 4.78 is 11.6. The summed E-state index contributed by atoms with van der Waals surface area (Å²) in [6.45, 7) is 6.15. The zero-order chi connectivity index (χ0) is 16.4. The van der Waals surface area contributed by atoms with Crippen LogP contribution in [0, 0.1) is 13.8 Å². The highest BCUT2D eigenvalue weighted by Crippen LogP contribution is 2.34. The van der Waals surface area contributed by atoms with Gasteiger partial charge in [0.15, 0.2) is 5.75 Å². The van der Waals surface area contributed by atoms with Gasteiger partial charge in [-0.1, -0.05) is 6.92 Å². The molecule has 0 fully saturated rings. The lowest BCUT2D eigenvalue weighted by Crippen LogP contribution is -1.95. The summed E-state index contributed by atoms with van der Waals surface area (Å²) in [6, 6.07) is 5.89. The Labute approximate surface area is 135 Å². The number of hydrogen-bond donors (Lipinski definition) is 0. The second-order valence-electron chi connectivity index (χ2n) is 5.60. The molecule has 0 aliphatic heterocycles. The van der Waals surface area contributed by atoms with E-state index >= 15 is 0 Å². The highest BCUT2D eigenvalue weighted by Gasteiger charge is 2.14. The van der Waals surface area contributed by atoms with E-state index in [4.69, 9.17) is 9.15 Å². The average Bonchev–Trinajstić information content (AvgIpc) is 3.12. The van der Waals surface area contributed by atoms with E-state index in [1.807, 2.05) is 32.0 Å². The van der Waals surface area contributed by atoms with Crippen molar-refractivity contribution in [2.75, 3.05) is 0 Å². The number of tetrazole rings is 1.